The molecule has 0 atom stereocenters. The third-order valence-corrected chi connectivity index (χ3v) is 5.39. The summed E-state index contributed by atoms with van der Waals surface area (Å²) in [5, 5.41) is 0. The Balaban J connectivity index is 1.69. The first-order chi connectivity index (χ1) is 13.4. The van der Waals surface area contributed by atoms with E-state index in [2.05, 4.69) is 6.92 Å². The fourth-order valence-corrected chi connectivity index (χ4v) is 3.91. The summed E-state index contributed by atoms with van der Waals surface area (Å²) in [6.45, 7) is 2.16. The molecule has 0 heterocycles. The molecule has 1 saturated carbocycles. The molecule has 2 nitrogen and oxygen atoms in total. The molecule has 1 fully saturated rings. The van der Waals surface area contributed by atoms with Crippen molar-refractivity contribution in [3.8, 4) is 5.75 Å². The van der Waals surface area contributed by atoms with Gasteiger partial charge in [-0.15, -0.1) is 0 Å². The van der Waals surface area contributed by atoms with Crippen LogP contribution in [0, 0.1) is 29.2 Å². The van der Waals surface area contributed by atoms with Crippen LogP contribution in [0.3, 0.4) is 0 Å². The molecule has 0 unspecified atom stereocenters. The topological polar surface area (TPSA) is 26.3 Å². The van der Waals surface area contributed by atoms with Gasteiger partial charge in [0, 0.05) is 12.1 Å². The van der Waals surface area contributed by atoms with Crippen LogP contribution in [0.15, 0.2) is 30.3 Å². The average Bonchev–Trinajstić information content (AvgIpc) is 2.67. The zero-order valence-corrected chi connectivity index (χ0v) is 15.6. The van der Waals surface area contributed by atoms with Crippen LogP contribution in [0.5, 0.6) is 5.75 Å². The average molecular weight is 394 g/mol. The Kier molecular flexibility index (Phi) is 6.37. The van der Waals surface area contributed by atoms with Gasteiger partial charge in [0.05, 0.1) is 5.56 Å². The van der Waals surface area contributed by atoms with Gasteiger partial charge >= 0.3 is 5.97 Å². The summed E-state index contributed by atoms with van der Waals surface area (Å²) in [4.78, 5) is 12.1. The normalized spacial score (nSPS) is 19.5. The molecule has 0 saturated heterocycles. The zero-order valence-electron chi connectivity index (χ0n) is 15.6. The number of hydrogen-bond acceptors (Lipinski definition) is 2. The standard InChI is InChI=1S/C22H22F4O2/c1-2-3-13-4-6-14(7-5-13)17-9-8-15(10-18(17)23)22(27)28-16-11-19(24)21(26)20(25)12-16/h8-14H,2-7H2,1H3. The lowest BCUT2D eigenvalue weighted by atomic mass is 9.77. The van der Waals surface area contributed by atoms with Crippen molar-refractivity contribution < 1.29 is 27.1 Å². The molecule has 1 aliphatic carbocycles. The molecule has 28 heavy (non-hydrogen) atoms. The number of rotatable bonds is 5. The number of ether oxygens (including phenoxy) is 1. The Morgan fingerprint density at radius 3 is 2.18 bits per heavy atom. The number of benzene rings is 2. The van der Waals surface area contributed by atoms with Crippen LogP contribution in [0.25, 0.3) is 0 Å². The lowest BCUT2D eigenvalue weighted by molar-refractivity contribution is 0.0733. The van der Waals surface area contributed by atoms with Crippen LogP contribution in [-0.4, -0.2) is 5.97 Å². The molecular weight excluding hydrogens is 372 g/mol. The zero-order chi connectivity index (χ0) is 20.3. The molecule has 1 aliphatic rings. The van der Waals surface area contributed by atoms with Gasteiger partial charge in [-0.3, -0.25) is 0 Å². The van der Waals surface area contributed by atoms with Crippen LogP contribution < -0.4 is 4.74 Å². The minimum atomic E-state index is -1.65. The van der Waals surface area contributed by atoms with Gasteiger partial charge in [0.25, 0.3) is 0 Å². The van der Waals surface area contributed by atoms with Gasteiger partial charge < -0.3 is 4.74 Å². The van der Waals surface area contributed by atoms with Crippen molar-refractivity contribution in [3.05, 3.63) is 64.7 Å². The van der Waals surface area contributed by atoms with Crippen molar-refractivity contribution in [2.75, 3.05) is 0 Å². The molecule has 2 aromatic carbocycles. The summed E-state index contributed by atoms with van der Waals surface area (Å²) in [5.41, 5.74) is 0.497. The van der Waals surface area contributed by atoms with E-state index in [1.165, 1.54) is 12.5 Å². The van der Waals surface area contributed by atoms with Crippen molar-refractivity contribution in [3.63, 3.8) is 0 Å². The summed E-state index contributed by atoms with van der Waals surface area (Å²) in [5.74, 6) is -5.71. The number of halogens is 4. The minimum absolute atomic E-state index is 0.0777. The quantitative estimate of drug-likeness (QED) is 0.249. The largest absolute Gasteiger partial charge is 0.423 e. The maximum absolute atomic E-state index is 14.6. The summed E-state index contributed by atoms with van der Waals surface area (Å²) >= 11 is 0. The Morgan fingerprint density at radius 2 is 1.61 bits per heavy atom. The van der Waals surface area contributed by atoms with Gasteiger partial charge in [-0.1, -0.05) is 25.8 Å². The number of hydrogen-bond donors (Lipinski definition) is 0. The van der Waals surface area contributed by atoms with Gasteiger partial charge in [0.2, 0.25) is 0 Å². The maximum atomic E-state index is 14.6. The molecule has 0 spiro atoms. The highest BCUT2D eigenvalue weighted by Crippen LogP contribution is 2.38. The Labute approximate surface area is 161 Å². The van der Waals surface area contributed by atoms with Crippen molar-refractivity contribution in [1.82, 2.24) is 0 Å². The Morgan fingerprint density at radius 1 is 0.964 bits per heavy atom. The molecule has 150 valence electrons. The van der Waals surface area contributed by atoms with Crippen LogP contribution in [-0.2, 0) is 0 Å². The van der Waals surface area contributed by atoms with Crippen molar-refractivity contribution in [2.24, 2.45) is 5.92 Å². The van der Waals surface area contributed by atoms with E-state index in [9.17, 15) is 22.4 Å². The lowest BCUT2D eigenvalue weighted by Gasteiger charge is -2.28. The molecule has 0 aliphatic heterocycles. The van der Waals surface area contributed by atoms with Crippen molar-refractivity contribution in [2.45, 2.75) is 51.4 Å². The number of esters is 1. The highest BCUT2D eigenvalue weighted by atomic mass is 19.2. The summed E-state index contributed by atoms with van der Waals surface area (Å²) in [6.07, 6.45) is 6.33. The second-order valence-corrected chi connectivity index (χ2v) is 7.33. The minimum Gasteiger partial charge on any atom is -0.423 e. The van der Waals surface area contributed by atoms with Crippen molar-refractivity contribution in [1.29, 1.82) is 0 Å². The van der Waals surface area contributed by atoms with Gasteiger partial charge in [0.1, 0.15) is 11.6 Å². The second kappa shape index (κ2) is 8.76. The maximum Gasteiger partial charge on any atom is 0.343 e. The summed E-state index contributed by atoms with van der Waals surface area (Å²) in [6, 6.07) is 5.22. The fourth-order valence-electron chi connectivity index (χ4n) is 3.91. The molecule has 3 rings (SSSR count). The van der Waals surface area contributed by atoms with Gasteiger partial charge in [0.15, 0.2) is 17.5 Å². The van der Waals surface area contributed by atoms with E-state index in [1.54, 1.807) is 6.07 Å². The van der Waals surface area contributed by atoms with E-state index in [4.69, 9.17) is 4.74 Å². The van der Waals surface area contributed by atoms with E-state index >= 15 is 0 Å². The van der Waals surface area contributed by atoms with Crippen LogP contribution in [0.4, 0.5) is 17.6 Å². The predicted molar refractivity (Wildman–Crippen MR) is 97.3 cm³/mol. The third-order valence-electron chi connectivity index (χ3n) is 5.39. The molecular formula is C22H22F4O2. The number of carbonyl (C=O) groups excluding carboxylic acids is 1. The molecule has 0 amide bonds. The van der Waals surface area contributed by atoms with E-state index < -0.39 is 35.0 Å². The Hall–Kier alpha value is -2.37. The van der Waals surface area contributed by atoms with Gasteiger partial charge in [-0.05, 0) is 55.2 Å². The third kappa shape index (κ3) is 4.54. The smallest absolute Gasteiger partial charge is 0.343 e. The SMILES string of the molecule is CCCC1CCC(c2ccc(C(=O)Oc3cc(F)c(F)c(F)c3)cc2F)CC1. The summed E-state index contributed by atoms with van der Waals surface area (Å²) in [7, 11) is 0. The van der Waals surface area contributed by atoms with Gasteiger partial charge in [-0.25, -0.2) is 22.4 Å². The van der Waals surface area contributed by atoms with E-state index in [0.717, 1.165) is 38.2 Å². The highest BCUT2D eigenvalue weighted by molar-refractivity contribution is 5.91. The van der Waals surface area contributed by atoms with Gasteiger partial charge in [-0.2, -0.15) is 0 Å². The van der Waals surface area contributed by atoms with E-state index in [-0.39, 0.29) is 11.5 Å². The summed E-state index contributed by atoms with van der Waals surface area (Å²) < 4.78 is 58.9. The Bertz CT molecular complexity index is 835. The predicted octanol–water partition coefficient (Wildman–Crippen LogP) is 6.54. The fraction of sp³-hybridized carbons (Fsp3) is 0.409. The molecule has 0 aromatic heterocycles. The second-order valence-electron chi connectivity index (χ2n) is 7.33. The van der Waals surface area contributed by atoms with Crippen LogP contribution >= 0.6 is 0 Å². The van der Waals surface area contributed by atoms with Crippen LogP contribution in [0.2, 0.25) is 0 Å². The molecule has 0 radical (unpaired) electrons. The monoisotopic (exact) mass is 394 g/mol. The molecule has 0 bridgehead atoms. The molecule has 0 N–H and O–H groups in total. The molecule has 6 heteroatoms. The lowest BCUT2D eigenvalue weighted by Crippen LogP contribution is -2.15. The first-order valence-corrected chi connectivity index (χ1v) is 9.55. The first kappa shape index (κ1) is 20.4. The van der Waals surface area contributed by atoms with Crippen LogP contribution in [0.1, 0.15) is 67.3 Å². The van der Waals surface area contributed by atoms with E-state index in [1.807, 2.05) is 0 Å². The number of carbonyl (C=O) groups is 1. The highest BCUT2D eigenvalue weighted by Gasteiger charge is 2.25. The van der Waals surface area contributed by atoms with Crippen molar-refractivity contribution >= 4 is 5.97 Å². The molecule has 2 aromatic rings. The first-order valence-electron chi connectivity index (χ1n) is 9.55. The van der Waals surface area contributed by atoms with E-state index in [0.29, 0.717) is 23.6 Å².